The number of unbranched alkanes of at least 4 members (excludes halogenated alkanes) is 1. The van der Waals surface area contributed by atoms with Gasteiger partial charge in [-0.05, 0) is 55.2 Å². The Morgan fingerprint density at radius 3 is 2.73 bits per heavy atom. The fourth-order valence-corrected chi connectivity index (χ4v) is 4.74. The molecule has 1 atom stereocenters. The van der Waals surface area contributed by atoms with E-state index in [2.05, 4.69) is 28.4 Å². The highest BCUT2D eigenvalue weighted by molar-refractivity contribution is 6.03. The molecule has 0 aliphatic carbocycles. The molecule has 1 fully saturated rings. The molecule has 2 aromatic heterocycles. The van der Waals surface area contributed by atoms with Gasteiger partial charge >= 0.3 is 0 Å². The molecule has 2 aromatic carbocycles. The zero-order valence-corrected chi connectivity index (χ0v) is 20.9. The van der Waals surface area contributed by atoms with E-state index in [9.17, 15) is 14.9 Å². The van der Waals surface area contributed by atoms with Gasteiger partial charge < -0.3 is 10.2 Å². The lowest BCUT2D eigenvalue weighted by molar-refractivity contribution is -0.122. The van der Waals surface area contributed by atoms with Gasteiger partial charge in [0, 0.05) is 24.0 Å². The van der Waals surface area contributed by atoms with Crippen LogP contribution in [-0.4, -0.2) is 33.1 Å². The number of hydrogen-bond acceptors (Lipinski definition) is 5. The fourth-order valence-electron chi connectivity index (χ4n) is 4.74. The Kier molecular flexibility index (Phi) is 6.69. The molecule has 1 aliphatic heterocycles. The first-order valence-electron chi connectivity index (χ1n) is 12.5. The van der Waals surface area contributed by atoms with Crippen LogP contribution in [-0.2, 0) is 16.0 Å². The molecule has 8 heteroatoms. The molecule has 1 aliphatic rings. The van der Waals surface area contributed by atoms with E-state index in [0.29, 0.717) is 5.82 Å². The number of rotatable bonds is 7. The average Bonchev–Trinajstić information content (AvgIpc) is 3.51. The molecule has 1 N–H and O–H groups in total. The van der Waals surface area contributed by atoms with Crippen molar-refractivity contribution in [2.75, 3.05) is 16.8 Å². The highest BCUT2D eigenvalue weighted by Crippen LogP contribution is 2.28. The second kappa shape index (κ2) is 10.2. The summed E-state index contributed by atoms with van der Waals surface area (Å²) in [6, 6.07) is 19.7. The molecule has 3 heterocycles. The largest absolute Gasteiger partial charge is 0.312 e. The van der Waals surface area contributed by atoms with Crippen LogP contribution in [0, 0.1) is 24.2 Å². The molecular weight excluding hydrogens is 464 g/mol. The van der Waals surface area contributed by atoms with E-state index in [4.69, 9.17) is 0 Å². The Morgan fingerprint density at radius 2 is 1.97 bits per heavy atom. The topological polar surface area (TPSA) is 104 Å². The molecule has 186 valence electrons. The molecule has 2 amide bonds. The van der Waals surface area contributed by atoms with Crippen molar-refractivity contribution in [1.82, 2.24) is 14.8 Å². The monoisotopic (exact) mass is 492 g/mol. The number of pyridine rings is 1. The predicted molar refractivity (Wildman–Crippen MR) is 142 cm³/mol. The van der Waals surface area contributed by atoms with Gasteiger partial charge in [0.15, 0.2) is 11.6 Å². The number of amides is 2. The van der Waals surface area contributed by atoms with Gasteiger partial charge in [0.1, 0.15) is 11.6 Å². The van der Waals surface area contributed by atoms with Crippen LogP contribution in [0.1, 0.15) is 42.9 Å². The van der Waals surface area contributed by atoms with Gasteiger partial charge in [-0.3, -0.25) is 9.59 Å². The maximum atomic E-state index is 13.3. The van der Waals surface area contributed by atoms with Crippen LogP contribution in [0.4, 0.5) is 11.5 Å². The zero-order valence-electron chi connectivity index (χ0n) is 20.9. The van der Waals surface area contributed by atoms with Crippen molar-refractivity contribution in [3.63, 3.8) is 0 Å². The van der Waals surface area contributed by atoms with Crippen LogP contribution < -0.4 is 10.2 Å². The molecule has 0 bridgehead atoms. The number of fused-ring (bicyclic) bond motifs is 1. The Bertz CT molecular complexity index is 1520. The van der Waals surface area contributed by atoms with Crippen molar-refractivity contribution >= 4 is 34.2 Å². The lowest BCUT2D eigenvalue weighted by Crippen LogP contribution is -2.29. The standard InChI is InChI=1S/C29H28N6O2/c1-3-4-7-20-10-12-23(13-11-20)34-18-21(15-27(34)36)29(37)33-28-22(16-30)17-31-35(28)26-14-19(2)24-8-5-6-9-25(24)32-26/h5-6,8-14,17,21H,3-4,7,15,18H2,1-2H3,(H,33,37). The minimum absolute atomic E-state index is 0.0951. The maximum absolute atomic E-state index is 13.3. The van der Waals surface area contributed by atoms with Gasteiger partial charge in [-0.15, -0.1) is 0 Å². The minimum Gasteiger partial charge on any atom is -0.312 e. The number of benzene rings is 2. The Labute approximate surface area is 215 Å². The molecule has 8 nitrogen and oxygen atoms in total. The fraction of sp³-hybridized carbons (Fsp3) is 0.276. The van der Waals surface area contributed by atoms with Gasteiger partial charge in [-0.2, -0.15) is 15.0 Å². The van der Waals surface area contributed by atoms with Crippen molar-refractivity contribution in [3.05, 3.63) is 77.5 Å². The van der Waals surface area contributed by atoms with E-state index in [1.54, 1.807) is 4.90 Å². The molecule has 4 aromatic rings. The summed E-state index contributed by atoms with van der Waals surface area (Å²) in [6.07, 6.45) is 4.78. The van der Waals surface area contributed by atoms with Crippen LogP contribution in [0.25, 0.3) is 16.7 Å². The Morgan fingerprint density at radius 1 is 1.19 bits per heavy atom. The van der Waals surface area contributed by atoms with Gasteiger partial charge in [0.25, 0.3) is 0 Å². The van der Waals surface area contributed by atoms with E-state index in [-0.39, 0.29) is 36.2 Å². The van der Waals surface area contributed by atoms with Crippen molar-refractivity contribution in [1.29, 1.82) is 5.26 Å². The summed E-state index contributed by atoms with van der Waals surface area (Å²) in [4.78, 5) is 32.4. The number of nitrogens with zero attached hydrogens (tertiary/aromatic N) is 5. The van der Waals surface area contributed by atoms with Crippen LogP contribution in [0.5, 0.6) is 0 Å². The molecule has 37 heavy (non-hydrogen) atoms. The van der Waals surface area contributed by atoms with Crippen LogP contribution in [0.2, 0.25) is 0 Å². The molecule has 0 radical (unpaired) electrons. The smallest absolute Gasteiger partial charge is 0.231 e. The number of carbonyl (C=O) groups is 2. The Balaban J connectivity index is 1.36. The van der Waals surface area contributed by atoms with Crippen LogP contribution in [0.15, 0.2) is 60.8 Å². The van der Waals surface area contributed by atoms with Gasteiger partial charge in [-0.1, -0.05) is 43.7 Å². The summed E-state index contributed by atoms with van der Waals surface area (Å²) in [6.45, 7) is 4.42. The predicted octanol–water partition coefficient (Wildman–Crippen LogP) is 4.93. The minimum atomic E-state index is -0.548. The van der Waals surface area contributed by atoms with Gasteiger partial charge in [0.2, 0.25) is 11.8 Å². The number of aryl methyl sites for hydroxylation is 2. The molecule has 1 unspecified atom stereocenters. The molecular formula is C29H28N6O2. The quantitative estimate of drug-likeness (QED) is 0.394. The zero-order chi connectivity index (χ0) is 25.9. The van der Waals surface area contributed by atoms with E-state index in [1.807, 2.05) is 61.5 Å². The molecule has 0 spiro atoms. The van der Waals surface area contributed by atoms with Crippen molar-refractivity contribution < 1.29 is 9.59 Å². The summed E-state index contributed by atoms with van der Waals surface area (Å²) < 4.78 is 1.47. The lowest BCUT2D eigenvalue weighted by Gasteiger charge is -2.17. The van der Waals surface area contributed by atoms with Crippen molar-refractivity contribution in [2.24, 2.45) is 5.92 Å². The highest BCUT2D eigenvalue weighted by atomic mass is 16.2. The third-order valence-electron chi connectivity index (χ3n) is 6.82. The molecule has 0 saturated carbocycles. The number of para-hydroxylation sites is 1. The maximum Gasteiger partial charge on any atom is 0.231 e. The SMILES string of the molecule is CCCCc1ccc(N2CC(C(=O)Nc3c(C#N)cnn3-c3cc(C)c4ccccc4n3)CC2=O)cc1. The summed E-state index contributed by atoms with van der Waals surface area (Å²) >= 11 is 0. The van der Waals surface area contributed by atoms with E-state index >= 15 is 0 Å². The van der Waals surface area contributed by atoms with Gasteiger partial charge in [-0.25, -0.2) is 4.98 Å². The number of nitriles is 1. The molecule has 1 saturated heterocycles. The second-order valence-corrected chi connectivity index (χ2v) is 9.41. The lowest BCUT2D eigenvalue weighted by atomic mass is 10.1. The third kappa shape index (κ3) is 4.81. The summed E-state index contributed by atoms with van der Waals surface area (Å²) in [5, 5.41) is 17.9. The normalized spacial score (nSPS) is 15.2. The first kappa shape index (κ1) is 24.2. The average molecular weight is 493 g/mol. The first-order chi connectivity index (χ1) is 18.0. The number of aromatic nitrogens is 3. The van der Waals surface area contributed by atoms with E-state index < -0.39 is 5.92 Å². The summed E-state index contributed by atoms with van der Waals surface area (Å²) in [5.74, 6) is -0.219. The number of nitrogens with one attached hydrogen (secondary N) is 1. The summed E-state index contributed by atoms with van der Waals surface area (Å²) in [5.41, 5.74) is 4.05. The third-order valence-corrected chi connectivity index (χ3v) is 6.82. The second-order valence-electron chi connectivity index (χ2n) is 9.41. The number of anilines is 2. The highest BCUT2D eigenvalue weighted by Gasteiger charge is 2.36. The van der Waals surface area contributed by atoms with Crippen LogP contribution >= 0.6 is 0 Å². The van der Waals surface area contributed by atoms with Gasteiger partial charge in [0.05, 0.1) is 17.6 Å². The van der Waals surface area contributed by atoms with Crippen LogP contribution in [0.3, 0.4) is 0 Å². The van der Waals surface area contributed by atoms with E-state index in [0.717, 1.165) is 41.4 Å². The number of hydrogen-bond donors (Lipinski definition) is 1. The first-order valence-corrected chi connectivity index (χ1v) is 12.5. The van der Waals surface area contributed by atoms with Crippen molar-refractivity contribution in [2.45, 2.75) is 39.5 Å². The number of carbonyl (C=O) groups excluding carboxylic acids is 2. The van der Waals surface area contributed by atoms with Crippen molar-refractivity contribution in [3.8, 4) is 11.9 Å². The Hall–Kier alpha value is -4.51. The summed E-state index contributed by atoms with van der Waals surface area (Å²) in [7, 11) is 0. The van der Waals surface area contributed by atoms with E-state index in [1.165, 1.54) is 16.4 Å². The molecule has 5 rings (SSSR count).